The van der Waals surface area contributed by atoms with Crippen molar-refractivity contribution in [3.63, 3.8) is 0 Å². The van der Waals surface area contributed by atoms with Crippen LogP contribution in [-0.2, 0) is 19.3 Å². The summed E-state index contributed by atoms with van der Waals surface area (Å²) in [6.07, 6.45) is 13.3. The molecule has 0 amide bonds. The molecule has 0 spiro atoms. The lowest BCUT2D eigenvalue weighted by molar-refractivity contribution is 0.613. The minimum Gasteiger partial charge on any atom is -0.211 e. The van der Waals surface area contributed by atoms with Crippen molar-refractivity contribution in [1.29, 1.82) is 0 Å². The SMILES string of the molecule is C#C/C=C(\C=C(\F)Cc1ccc(CCCC)cc1)c1ccc(CC)cc1. The topological polar surface area (TPSA) is 0 Å². The van der Waals surface area contributed by atoms with Crippen molar-refractivity contribution in [2.45, 2.75) is 46.0 Å². The van der Waals surface area contributed by atoms with E-state index in [0.717, 1.165) is 29.5 Å². The molecule has 0 N–H and O–H groups in total. The van der Waals surface area contributed by atoms with Crippen LogP contribution in [0.1, 0.15) is 48.9 Å². The van der Waals surface area contributed by atoms with E-state index in [0.29, 0.717) is 0 Å². The Morgan fingerprint density at radius 2 is 1.58 bits per heavy atom. The maximum atomic E-state index is 14.5. The highest BCUT2D eigenvalue weighted by molar-refractivity contribution is 5.76. The zero-order valence-electron chi connectivity index (χ0n) is 15.8. The summed E-state index contributed by atoms with van der Waals surface area (Å²) in [5, 5.41) is 0. The lowest BCUT2D eigenvalue weighted by atomic mass is 10.0. The molecule has 0 saturated heterocycles. The van der Waals surface area contributed by atoms with Gasteiger partial charge in [-0.3, -0.25) is 0 Å². The van der Waals surface area contributed by atoms with Crippen molar-refractivity contribution in [3.8, 4) is 12.3 Å². The van der Waals surface area contributed by atoms with Gasteiger partial charge in [-0.15, -0.1) is 6.42 Å². The third-order valence-electron chi connectivity index (χ3n) is 4.46. The van der Waals surface area contributed by atoms with Gasteiger partial charge in [-0.25, -0.2) is 4.39 Å². The molecule has 0 radical (unpaired) electrons. The van der Waals surface area contributed by atoms with Crippen LogP contribution in [0.5, 0.6) is 0 Å². The van der Waals surface area contributed by atoms with E-state index in [1.807, 2.05) is 24.3 Å². The van der Waals surface area contributed by atoms with Crippen molar-refractivity contribution < 1.29 is 4.39 Å². The molecule has 2 aromatic rings. The number of benzene rings is 2. The predicted molar refractivity (Wildman–Crippen MR) is 111 cm³/mol. The summed E-state index contributed by atoms with van der Waals surface area (Å²) < 4.78 is 14.5. The van der Waals surface area contributed by atoms with Crippen LogP contribution in [0.3, 0.4) is 0 Å². The molecule has 2 aromatic carbocycles. The van der Waals surface area contributed by atoms with Crippen LogP contribution in [-0.4, -0.2) is 0 Å². The summed E-state index contributed by atoms with van der Waals surface area (Å²) >= 11 is 0. The molecule has 2 rings (SSSR count). The molecule has 0 aliphatic rings. The third-order valence-corrected chi connectivity index (χ3v) is 4.46. The van der Waals surface area contributed by atoms with Crippen LogP contribution in [0.25, 0.3) is 5.57 Å². The second-order valence-electron chi connectivity index (χ2n) is 6.50. The fourth-order valence-electron chi connectivity index (χ4n) is 2.85. The summed E-state index contributed by atoms with van der Waals surface area (Å²) in [4.78, 5) is 0. The standard InChI is InChI=1S/C25H27F/c1-4-7-9-21-10-12-22(13-11-21)18-25(26)19-24(8-5-2)23-16-14-20(6-3)15-17-23/h2,8,10-17,19H,4,6-7,9,18H2,1,3H3/b24-8+,25-19+. The maximum absolute atomic E-state index is 14.5. The van der Waals surface area contributed by atoms with Crippen LogP contribution in [0.2, 0.25) is 0 Å². The van der Waals surface area contributed by atoms with Gasteiger partial charge >= 0.3 is 0 Å². The monoisotopic (exact) mass is 346 g/mol. The largest absolute Gasteiger partial charge is 0.211 e. The van der Waals surface area contributed by atoms with Gasteiger partial charge in [0.1, 0.15) is 5.83 Å². The third kappa shape index (κ3) is 6.05. The molecule has 134 valence electrons. The van der Waals surface area contributed by atoms with Crippen LogP contribution in [0.4, 0.5) is 4.39 Å². The zero-order chi connectivity index (χ0) is 18.8. The molecule has 0 saturated carbocycles. The molecule has 1 heteroatoms. The van der Waals surface area contributed by atoms with E-state index in [1.165, 1.54) is 24.0 Å². The molecule has 0 aromatic heterocycles. The van der Waals surface area contributed by atoms with E-state index in [-0.39, 0.29) is 12.2 Å². The number of aryl methyl sites for hydroxylation is 2. The number of terminal acetylenes is 1. The molecule has 0 bridgehead atoms. The van der Waals surface area contributed by atoms with Gasteiger partial charge < -0.3 is 0 Å². The Labute approximate surface area is 157 Å². The maximum Gasteiger partial charge on any atom is 0.105 e. The molecule has 0 atom stereocenters. The Kier molecular flexibility index (Phi) is 7.90. The molecular weight excluding hydrogens is 319 g/mol. The van der Waals surface area contributed by atoms with Gasteiger partial charge in [-0.2, -0.15) is 0 Å². The average molecular weight is 346 g/mol. The Balaban J connectivity index is 2.11. The quantitative estimate of drug-likeness (QED) is 0.368. The second-order valence-corrected chi connectivity index (χ2v) is 6.50. The van der Waals surface area contributed by atoms with Gasteiger partial charge in [0.05, 0.1) is 0 Å². The van der Waals surface area contributed by atoms with Gasteiger partial charge in [0.2, 0.25) is 0 Å². The van der Waals surface area contributed by atoms with E-state index in [4.69, 9.17) is 6.42 Å². The first-order valence-electron chi connectivity index (χ1n) is 9.35. The normalized spacial score (nSPS) is 12.1. The van der Waals surface area contributed by atoms with Crippen molar-refractivity contribution in [2.75, 3.05) is 0 Å². The number of hydrogen-bond acceptors (Lipinski definition) is 0. The number of rotatable bonds is 8. The molecule has 26 heavy (non-hydrogen) atoms. The predicted octanol–water partition coefficient (Wildman–Crippen LogP) is 6.70. The molecule has 0 nitrogen and oxygen atoms in total. The van der Waals surface area contributed by atoms with Gasteiger partial charge in [0.15, 0.2) is 0 Å². The number of unbranched alkanes of at least 4 members (excludes halogenated alkanes) is 1. The van der Waals surface area contributed by atoms with Crippen molar-refractivity contribution in [2.24, 2.45) is 0 Å². The molecule has 0 aliphatic carbocycles. The van der Waals surface area contributed by atoms with Crippen LogP contribution in [0.15, 0.2) is 66.5 Å². The highest BCUT2D eigenvalue weighted by atomic mass is 19.1. The Bertz CT molecular complexity index is 784. The zero-order valence-corrected chi connectivity index (χ0v) is 15.8. The molecule has 0 aliphatic heterocycles. The van der Waals surface area contributed by atoms with E-state index in [2.05, 4.69) is 44.0 Å². The first kappa shape index (κ1) is 19.7. The second kappa shape index (κ2) is 10.4. The first-order chi connectivity index (χ1) is 12.7. The first-order valence-corrected chi connectivity index (χ1v) is 9.35. The molecule has 0 unspecified atom stereocenters. The van der Waals surface area contributed by atoms with Gasteiger partial charge in [-0.05, 0) is 59.2 Å². The van der Waals surface area contributed by atoms with Crippen molar-refractivity contribution in [3.05, 3.63) is 88.8 Å². The molecule has 0 fully saturated rings. The Morgan fingerprint density at radius 3 is 2.15 bits per heavy atom. The van der Waals surface area contributed by atoms with E-state index in [9.17, 15) is 4.39 Å². The Hall–Kier alpha value is -2.59. The van der Waals surface area contributed by atoms with Crippen LogP contribution >= 0.6 is 0 Å². The highest BCUT2D eigenvalue weighted by Gasteiger charge is 2.04. The van der Waals surface area contributed by atoms with Crippen molar-refractivity contribution >= 4 is 5.57 Å². The van der Waals surface area contributed by atoms with Gasteiger partial charge in [0, 0.05) is 6.42 Å². The van der Waals surface area contributed by atoms with E-state index >= 15 is 0 Å². The lowest BCUT2D eigenvalue weighted by Gasteiger charge is -2.06. The lowest BCUT2D eigenvalue weighted by Crippen LogP contribution is -1.90. The fourth-order valence-corrected chi connectivity index (χ4v) is 2.85. The van der Waals surface area contributed by atoms with Crippen LogP contribution in [0, 0.1) is 12.3 Å². The molecule has 0 heterocycles. The van der Waals surface area contributed by atoms with Gasteiger partial charge in [-0.1, -0.05) is 74.7 Å². The van der Waals surface area contributed by atoms with E-state index in [1.54, 1.807) is 12.2 Å². The summed E-state index contributed by atoms with van der Waals surface area (Å²) in [5.74, 6) is 2.33. The summed E-state index contributed by atoms with van der Waals surface area (Å²) in [5.41, 5.74) is 5.20. The highest BCUT2D eigenvalue weighted by Crippen LogP contribution is 2.21. The number of allylic oxidation sites excluding steroid dienone is 4. The number of hydrogen-bond donors (Lipinski definition) is 0. The summed E-state index contributed by atoms with van der Waals surface area (Å²) in [6.45, 7) is 4.30. The Morgan fingerprint density at radius 1 is 0.962 bits per heavy atom. The minimum absolute atomic E-state index is 0.188. The average Bonchev–Trinajstić information content (AvgIpc) is 2.67. The van der Waals surface area contributed by atoms with Gasteiger partial charge in [0.25, 0.3) is 0 Å². The summed E-state index contributed by atoms with van der Waals surface area (Å²) in [7, 11) is 0. The minimum atomic E-state index is -0.188. The number of halogens is 1. The smallest absolute Gasteiger partial charge is 0.105 e. The summed E-state index contributed by atoms with van der Waals surface area (Å²) in [6, 6.07) is 16.3. The van der Waals surface area contributed by atoms with Crippen molar-refractivity contribution in [1.82, 2.24) is 0 Å². The fraction of sp³-hybridized carbons (Fsp3) is 0.280. The van der Waals surface area contributed by atoms with Crippen LogP contribution < -0.4 is 0 Å². The molecular formula is C25H27F. The van der Waals surface area contributed by atoms with E-state index < -0.39 is 0 Å².